The van der Waals surface area contributed by atoms with Crippen molar-refractivity contribution in [3.8, 4) is 0 Å². The Morgan fingerprint density at radius 2 is 1.79 bits per heavy atom. The second-order valence-corrected chi connectivity index (χ2v) is 4.39. The van der Waals surface area contributed by atoms with Gasteiger partial charge < -0.3 is 20.3 Å². The van der Waals surface area contributed by atoms with Crippen molar-refractivity contribution in [3.05, 3.63) is 36.0 Å². The number of aliphatic carboxylic acids is 2. The molecule has 2 aromatic rings. The molecule has 1 aromatic carbocycles. The average molecular weight is 263 g/mol. The molecule has 2 rings (SSSR count). The topological polar surface area (TPSA) is 111 Å². The van der Waals surface area contributed by atoms with E-state index in [0.717, 1.165) is 5.52 Å². The number of nitrogens with one attached hydrogen (secondary N) is 1. The zero-order valence-corrected chi connectivity index (χ0v) is 10.1. The van der Waals surface area contributed by atoms with Gasteiger partial charge in [-0.3, -0.25) is 0 Å². The van der Waals surface area contributed by atoms with E-state index in [1.807, 2.05) is 0 Å². The first kappa shape index (κ1) is 13.1. The first-order valence-corrected chi connectivity index (χ1v) is 5.64. The maximum absolute atomic E-state index is 11.1. The zero-order valence-electron chi connectivity index (χ0n) is 10.1. The number of aromatic amines is 1. The minimum atomic E-state index is -2.86. The number of fused-ring (bicyclic) bond motifs is 1. The number of para-hydroxylation sites is 1. The summed E-state index contributed by atoms with van der Waals surface area (Å²) < 4.78 is 0. The van der Waals surface area contributed by atoms with Crippen LogP contribution in [0.1, 0.15) is 18.4 Å². The quantitative estimate of drug-likeness (QED) is 0.619. The van der Waals surface area contributed by atoms with Gasteiger partial charge in [0.05, 0.1) is 0 Å². The predicted molar refractivity (Wildman–Crippen MR) is 66.9 cm³/mol. The average Bonchev–Trinajstić information content (AvgIpc) is 2.80. The van der Waals surface area contributed by atoms with Crippen molar-refractivity contribution in [2.75, 3.05) is 0 Å². The number of hydrogen-bond acceptors (Lipinski definition) is 3. The van der Waals surface area contributed by atoms with E-state index in [0.29, 0.717) is 10.9 Å². The first-order chi connectivity index (χ1) is 8.89. The lowest BCUT2D eigenvalue weighted by atomic mass is 9.83. The highest BCUT2D eigenvalue weighted by Gasteiger charge is 2.50. The molecule has 0 spiro atoms. The fourth-order valence-corrected chi connectivity index (χ4v) is 2.14. The summed E-state index contributed by atoms with van der Waals surface area (Å²) in [5.74, 6) is -4.66. The van der Waals surface area contributed by atoms with Gasteiger partial charge >= 0.3 is 11.9 Å². The fraction of sp³-hybridized carbons (Fsp3) is 0.231. The lowest BCUT2D eigenvalue weighted by Crippen LogP contribution is -2.50. The van der Waals surface area contributed by atoms with Gasteiger partial charge in [0, 0.05) is 23.0 Å². The van der Waals surface area contributed by atoms with Crippen molar-refractivity contribution in [3.63, 3.8) is 0 Å². The molecular weight excluding hydrogens is 250 g/mol. The predicted octanol–water partition coefficient (Wildman–Crippen LogP) is 1.17. The van der Waals surface area contributed by atoms with Gasteiger partial charge in [-0.25, -0.2) is 9.59 Å². The van der Waals surface area contributed by atoms with Crippen LogP contribution in [0.5, 0.6) is 0 Å². The van der Waals surface area contributed by atoms with Gasteiger partial charge in [0.1, 0.15) is 0 Å². The molecule has 0 amide bonds. The van der Waals surface area contributed by atoms with Gasteiger partial charge in [-0.1, -0.05) is 25.1 Å². The number of aliphatic hydroxyl groups is 1. The lowest BCUT2D eigenvalue weighted by Gasteiger charge is -2.25. The number of aromatic nitrogens is 1. The van der Waals surface area contributed by atoms with Crippen molar-refractivity contribution >= 4 is 22.8 Å². The molecule has 1 atom stereocenters. The van der Waals surface area contributed by atoms with Crippen molar-refractivity contribution in [2.24, 2.45) is 0 Å². The van der Waals surface area contributed by atoms with E-state index >= 15 is 0 Å². The largest absolute Gasteiger partial charge is 0.479 e. The van der Waals surface area contributed by atoms with E-state index in [2.05, 4.69) is 4.98 Å². The summed E-state index contributed by atoms with van der Waals surface area (Å²) in [5, 5.41) is 28.6. The molecule has 0 saturated carbocycles. The van der Waals surface area contributed by atoms with Gasteiger partial charge in [-0.05, 0) is 11.6 Å². The van der Waals surface area contributed by atoms with Crippen LogP contribution >= 0.6 is 0 Å². The molecule has 1 unspecified atom stereocenters. The van der Waals surface area contributed by atoms with Gasteiger partial charge in [0.15, 0.2) is 0 Å². The van der Waals surface area contributed by atoms with E-state index in [1.165, 1.54) is 13.1 Å². The molecule has 0 fully saturated rings. The third kappa shape index (κ3) is 1.86. The lowest BCUT2D eigenvalue weighted by molar-refractivity contribution is -0.178. The fourth-order valence-electron chi connectivity index (χ4n) is 2.14. The Morgan fingerprint density at radius 1 is 1.21 bits per heavy atom. The number of carbonyl (C=O) groups is 2. The Balaban J connectivity index is 2.57. The van der Waals surface area contributed by atoms with Gasteiger partial charge in [-0.2, -0.15) is 0 Å². The molecule has 4 N–H and O–H groups in total. The Morgan fingerprint density at radius 3 is 2.37 bits per heavy atom. The second kappa shape index (κ2) is 4.40. The molecule has 6 heteroatoms. The van der Waals surface area contributed by atoms with Crippen LogP contribution in [0.3, 0.4) is 0 Å². The van der Waals surface area contributed by atoms with Crippen molar-refractivity contribution < 1.29 is 24.9 Å². The number of hydrogen-bond donors (Lipinski definition) is 4. The summed E-state index contributed by atoms with van der Waals surface area (Å²) >= 11 is 0. The van der Waals surface area contributed by atoms with Gasteiger partial charge in [0.2, 0.25) is 0 Å². The van der Waals surface area contributed by atoms with Crippen LogP contribution in [0.15, 0.2) is 30.5 Å². The third-order valence-electron chi connectivity index (χ3n) is 3.37. The molecule has 1 heterocycles. The molecule has 0 aliphatic heterocycles. The van der Waals surface area contributed by atoms with Crippen LogP contribution in [0.4, 0.5) is 0 Å². The highest BCUT2D eigenvalue weighted by molar-refractivity contribution is 6.03. The van der Waals surface area contributed by atoms with Crippen molar-refractivity contribution in [1.82, 2.24) is 4.98 Å². The molecule has 0 radical (unpaired) electrons. The van der Waals surface area contributed by atoms with E-state index in [1.54, 1.807) is 24.3 Å². The van der Waals surface area contributed by atoms with Crippen LogP contribution in [-0.2, 0) is 9.59 Å². The SMILES string of the molecule is CC(c1c[nH]c2ccccc12)C(O)(C(=O)O)C(=O)O. The Hall–Kier alpha value is -2.34. The summed E-state index contributed by atoms with van der Waals surface area (Å²) in [6.07, 6.45) is 1.52. The number of carboxylic acid groups (broad SMARTS) is 2. The first-order valence-electron chi connectivity index (χ1n) is 5.64. The van der Waals surface area contributed by atoms with Gasteiger partial charge in [0.25, 0.3) is 5.60 Å². The monoisotopic (exact) mass is 263 g/mol. The van der Waals surface area contributed by atoms with Crippen LogP contribution in [0.2, 0.25) is 0 Å². The highest BCUT2D eigenvalue weighted by Crippen LogP contribution is 2.33. The number of carboxylic acids is 2. The normalized spacial score (nSPS) is 13.4. The number of rotatable bonds is 4. The minimum absolute atomic E-state index is 0.447. The Labute approximate surface area is 108 Å². The van der Waals surface area contributed by atoms with Crippen LogP contribution < -0.4 is 0 Å². The second-order valence-electron chi connectivity index (χ2n) is 4.39. The maximum Gasteiger partial charge on any atom is 0.348 e. The summed E-state index contributed by atoms with van der Waals surface area (Å²) in [6, 6.07) is 7.08. The molecule has 0 aliphatic carbocycles. The molecule has 0 aliphatic rings. The van der Waals surface area contributed by atoms with E-state index < -0.39 is 23.5 Å². The molecule has 100 valence electrons. The van der Waals surface area contributed by atoms with Crippen molar-refractivity contribution in [2.45, 2.75) is 18.4 Å². The van der Waals surface area contributed by atoms with Crippen molar-refractivity contribution in [1.29, 1.82) is 0 Å². The van der Waals surface area contributed by atoms with E-state index in [9.17, 15) is 14.7 Å². The number of H-pyrrole nitrogens is 1. The van der Waals surface area contributed by atoms with E-state index in [4.69, 9.17) is 10.2 Å². The third-order valence-corrected chi connectivity index (χ3v) is 3.37. The summed E-state index contributed by atoms with van der Waals surface area (Å²) in [7, 11) is 0. The summed E-state index contributed by atoms with van der Waals surface area (Å²) in [4.78, 5) is 25.1. The van der Waals surface area contributed by atoms with Gasteiger partial charge in [-0.15, -0.1) is 0 Å². The smallest absolute Gasteiger partial charge is 0.348 e. The minimum Gasteiger partial charge on any atom is -0.479 e. The molecule has 0 bridgehead atoms. The Bertz CT molecular complexity index is 631. The van der Waals surface area contributed by atoms with Crippen LogP contribution in [0.25, 0.3) is 10.9 Å². The summed E-state index contributed by atoms with van der Waals surface area (Å²) in [5.41, 5.74) is -1.66. The molecule has 6 nitrogen and oxygen atoms in total. The Kier molecular flexibility index (Phi) is 3.03. The molecule has 0 saturated heterocycles. The molecular formula is C13H13NO5. The van der Waals surface area contributed by atoms with Crippen LogP contribution in [-0.4, -0.2) is 37.8 Å². The number of benzene rings is 1. The van der Waals surface area contributed by atoms with E-state index in [-0.39, 0.29) is 0 Å². The van der Waals surface area contributed by atoms with Crippen LogP contribution in [0, 0.1) is 0 Å². The zero-order chi connectivity index (χ0) is 14.2. The molecule has 19 heavy (non-hydrogen) atoms. The molecule has 1 aromatic heterocycles. The highest BCUT2D eigenvalue weighted by atomic mass is 16.4. The summed E-state index contributed by atoms with van der Waals surface area (Å²) in [6.45, 7) is 1.37. The maximum atomic E-state index is 11.1. The standard InChI is InChI=1S/C13H13NO5/c1-7(13(19,11(15)16)12(17)18)9-6-14-10-5-3-2-4-8(9)10/h2-7,14,19H,1H3,(H,15,16)(H,17,18).